The summed E-state index contributed by atoms with van der Waals surface area (Å²) in [5.74, 6) is 0.296. The Morgan fingerprint density at radius 1 is 1.20 bits per heavy atom. The number of phenols is 1. The van der Waals surface area contributed by atoms with Gasteiger partial charge in [-0.3, -0.25) is 4.79 Å². The number of fused-ring (bicyclic) bond motifs is 2. The molecule has 0 atom stereocenters. The van der Waals surface area contributed by atoms with Gasteiger partial charge in [-0.15, -0.1) is 11.3 Å². The summed E-state index contributed by atoms with van der Waals surface area (Å²) in [6.07, 6.45) is 5.12. The van der Waals surface area contributed by atoms with Crippen molar-refractivity contribution in [3.8, 4) is 16.2 Å². The Balaban J connectivity index is 2.06. The molecule has 0 unspecified atom stereocenters. The molecule has 0 radical (unpaired) electrons. The number of benzene rings is 1. The molecule has 0 bridgehead atoms. The number of carbonyl (C=O) groups excluding carboxylic acids is 1. The molecular formula is C18H13I2NO2SSi. The standard InChI is InChI=1S/C18H13I2NO2SSi/c1-25(2)15-7-9(22)3-4-11(15)21-12-5-6-13(23)16(17(12)25)14-8-10(19)18(20)24-14/h3-8,23H,1-2H3. The number of aliphatic imine (C=N–C) groups is 1. The molecule has 0 saturated heterocycles. The van der Waals surface area contributed by atoms with E-state index in [1.54, 1.807) is 29.6 Å². The van der Waals surface area contributed by atoms with Crippen molar-refractivity contribution in [1.29, 1.82) is 0 Å². The molecule has 7 heteroatoms. The second-order valence-electron chi connectivity index (χ2n) is 6.50. The summed E-state index contributed by atoms with van der Waals surface area (Å²) >= 11 is 6.33. The van der Waals surface area contributed by atoms with Gasteiger partial charge in [0.2, 0.25) is 0 Å². The molecule has 126 valence electrons. The molecular weight excluding hydrogens is 576 g/mol. The van der Waals surface area contributed by atoms with Crippen molar-refractivity contribution in [3.63, 3.8) is 0 Å². The van der Waals surface area contributed by atoms with E-state index in [9.17, 15) is 9.90 Å². The number of ketones is 1. The van der Waals surface area contributed by atoms with E-state index in [4.69, 9.17) is 4.99 Å². The van der Waals surface area contributed by atoms with Crippen LogP contribution in [0.4, 0.5) is 5.69 Å². The molecule has 2 aliphatic rings. The second-order valence-corrected chi connectivity index (χ2v) is 14.8. The van der Waals surface area contributed by atoms with Crippen LogP contribution in [0.1, 0.15) is 0 Å². The maximum absolute atomic E-state index is 11.9. The predicted molar refractivity (Wildman–Crippen MR) is 123 cm³/mol. The highest BCUT2D eigenvalue weighted by Crippen LogP contribution is 2.42. The highest BCUT2D eigenvalue weighted by Gasteiger charge is 2.40. The highest BCUT2D eigenvalue weighted by molar-refractivity contribution is 14.1. The van der Waals surface area contributed by atoms with Crippen molar-refractivity contribution in [2.45, 2.75) is 13.1 Å². The van der Waals surface area contributed by atoms with E-state index in [2.05, 4.69) is 64.3 Å². The van der Waals surface area contributed by atoms with Gasteiger partial charge < -0.3 is 5.11 Å². The van der Waals surface area contributed by atoms with E-state index >= 15 is 0 Å². The van der Waals surface area contributed by atoms with Gasteiger partial charge >= 0.3 is 0 Å². The highest BCUT2D eigenvalue weighted by atomic mass is 127. The van der Waals surface area contributed by atoms with Crippen LogP contribution < -0.4 is 5.19 Å². The zero-order chi connectivity index (χ0) is 17.9. The van der Waals surface area contributed by atoms with E-state index in [1.807, 2.05) is 12.1 Å². The van der Waals surface area contributed by atoms with Gasteiger partial charge in [0.25, 0.3) is 0 Å². The second kappa shape index (κ2) is 6.14. The zero-order valence-corrected chi connectivity index (χ0v) is 19.6. The molecule has 3 nitrogen and oxygen atoms in total. The number of rotatable bonds is 1. The molecule has 1 aliphatic carbocycles. The fourth-order valence-electron chi connectivity index (χ4n) is 3.40. The van der Waals surface area contributed by atoms with Crippen molar-refractivity contribution in [2.75, 3.05) is 0 Å². The van der Waals surface area contributed by atoms with Crippen LogP contribution >= 0.6 is 56.5 Å². The first kappa shape index (κ1) is 17.6. The van der Waals surface area contributed by atoms with Crippen LogP contribution in [-0.4, -0.2) is 24.7 Å². The van der Waals surface area contributed by atoms with Gasteiger partial charge in [0, 0.05) is 14.0 Å². The number of nitrogens with zero attached hydrogens (tertiary/aromatic N) is 1. The van der Waals surface area contributed by atoms with Crippen molar-refractivity contribution < 1.29 is 9.90 Å². The minimum absolute atomic E-state index is 0.0138. The SMILES string of the molecule is C[Si]1(C)C2=CC(=O)C=CC2=Nc2ccc(O)c(-c3cc(I)c(I)s3)c21. The van der Waals surface area contributed by atoms with Crippen molar-refractivity contribution in [1.82, 2.24) is 0 Å². The van der Waals surface area contributed by atoms with Crippen LogP contribution in [0.3, 0.4) is 0 Å². The average Bonchev–Trinajstić information content (AvgIpc) is 2.88. The summed E-state index contributed by atoms with van der Waals surface area (Å²) in [4.78, 5) is 17.8. The summed E-state index contributed by atoms with van der Waals surface area (Å²) in [7, 11) is -2.18. The Labute approximate surface area is 177 Å². The molecule has 0 spiro atoms. The Morgan fingerprint density at radius 2 is 1.96 bits per heavy atom. The van der Waals surface area contributed by atoms with Gasteiger partial charge in [0.05, 0.1) is 14.3 Å². The lowest BCUT2D eigenvalue weighted by atomic mass is 10.1. The Morgan fingerprint density at radius 3 is 2.64 bits per heavy atom. The Kier molecular flexibility index (Phi) is 4.32. The lowest BCUT2D eigenvalue weighted by molar-refractivity contribution is -0.110. The minimum Gasteiger partial charge on any atom is -0.507 e. The number of carbonyl (C=O) groups is 1. The number of hydrogen-bond donors (Lipinski definition) is 1. The number of thiophene rings is 1. The molecule has 2 heterocycles. The Hall–Kier alpha value is -0.783. The largest absolute Gasteiger partial charge is 0.507 e. The van der Waals surface area contributed by atoms with Crippen LogP contribution in [0, 0.1) is 6.45 Å². The summed E-state index contributed by atoms with van der Waals surface area (Å²) in [6.45, 7) is 4.45. The summed E-state index contributed by atoms with van der Waals surface area (Å²) < 4.78 is 2.39. The van der Waals surface area contributed by atoms with Gasteiger partial charge in [-0.2, -0.15) is 0 Å². The molecule has 2 aromatic rings. The molecule has 1 N–H and O–H groups in total. The fraction of sp³-hybridized carbons (Fsp3) is 0.111. The summed E-state index contributed by atoms with van der Waals surface area (Å²) in [6, 6.07) is 5.74. The molecule has 1 aromatic carbocycles. The third kappa shape index (κ3) is 2.79. The lowest BCUT2D eigenvalue weighted by Gasteiger charge is -2.34. The molecule has 1 aliphatic heterocycles. The number of allylic oxidation sites excluding steroid dienone is 4. The molecule has 0 fully saturated rings. The molecule has 0 saturated carbocycles. The van der Waals surface area contributed by atoms with Crippen LogP contribution in [0.2, 0.25) is 13.1 Å². The number of phenolic OH excluding ortho intramolecular Hbond substituents is 1. The molecule has 4 rings (SSSR count). The third-order valence-corrected chi connectivity index (χ3v) is 12.5. The maximum atomic E-state index is 11.9. The van der Waals surface area contributed by atoms with E-state index < -0.39 is 8.07 Å². The quantitative estimate of drug-likeness (QED) is 0.292. The van der Waals surface area contributed by atoms with Crippen LogP contribution in [-0.2, 0) is 4.79 Å². The first-order valence-electron chi connectivity index (χ1n) is 7.64. The Bertz CT molecular complexity index is 1010. The van der Waals surface area contributed by atoms with Gasteiger partial charge in [-0.1, -0.05) is 13.1 Å². The monoisotopic (exact) mass is 589 g/mol. The minimum atomic E-state index is -2.18. The number of halogens is 2. The van der Waals surface area contributed by atoms with E-state index in [0.717, 1.165) is 32.2 Å². The summed E-state index contributed by atoms with van der Waals surface area (Å²) in [5, 5.41) is 12.8. The molecule has 25 heavy (non-hydrogen) atoms. The van der Waals surface area contributed by atoms with Gasteiger partial charge in [0.15, 0.2) is 5.78 Å². The number of hydrogen-bond acceptors (Lipinski definition) is 4. The molecule has 1 aromatic heterocycles. The van der Waals surface area contributed by atoms with Crippen LogP contribution in [0.15, 0.2) is 46.6 Å². The van der Waals surface area contributed by atoms with Crippen molar-refractivity contribution >= 4 is 87.0 Å². The van der Waals surface area contributed by atoms with E-state index in [0.29, 0.717) is 0 Å². The maximum Gasteiger partial charge on any atom is 0.178 e. The van der Waals surface area contributed by atoms with Crippen LogP contribution in [0.25, 0.3) is 10.4 Å². The van der Waals surface area contributed by atoms with E-state index in [-0.39, 0.29) is 11.5 Å². The van der Waals surface area contributed by atoms with Gasteiger partial charge in [-0.25, -0.2) is 4.99 Å². The van der Waals surface area contributed by atoms with Gasteiger partial charge in [-0.05, 0) is 92.0 Å². The van der Waals surface area contributed by atoms with Crippen LogP contribution in [0.5, 0.6) is 5.75 Å². The third-order valence-electron chi connectivity index (χ3n) is 4.56. The summed E-state index contributed by atoms with van der Waals surface area (Å²) in [5.41, 5.74) is 2.68. The van der Waals surface area contributed by atoms with Gasteiger partial charge in [0.1, 0.15) is 13.8 Å². The average molecular weight is 589 g/mol. The topological polar surface area (TPSA) is 49.7 Å². The van der Waals surface area contributed by atoms with Crippen molar-refractivity contribution in [3.05, 3.63) is 48.1 Å². The predicted octanol–water partition coefficient (Wildman–Crippen LogP) is 4.94. The first-order valence-corrected chi connectivity index (χ1v) is 13.6. The molecule has 0 amide bonds. The fourth-order valence-corrected chi connectivity index (χ4v) is 9.27. The smallest absolute Gasteiger partial charge is 0.178 e. The van der Waals surface area contributed by atoms with Crippen molar-refractivity contribution in [2.24, 2.45) is 4.99 Å². The normalized spacial score (nSPS) is 17.7. The lowest BCUT2D eigenvalue weighted by Crippen LogP contribution is -2.50. The number of aromatic hydroxyl groups is 1. The zero-order valence-electron chi connectivity index (χ0n) is 13.4. The first-order chi connectivity index (χ1) is 11.8. The van der Waals surface area contributed by atoms with E-state index in [1.165, 1.54) is 6.45 Å².